The van der Waals surface area contributed by atoms with Crippen LogP contribution in [0.2, 0.25) is 0 Å². The molecule has 21 heavy (non-hydrogen) atoms. The molecule has 1 aromatic rings. The van der Waals surface area contributed by atoms with Crippen LogP contribution in [-0.4, -0.2) is 23.7 Å². The molecule has 0 heterocycles. The number of carbonyl (C=O) groups excluding carboxylic acids is 1. The van der Waals surface area contributed by atoms with Crippen LogP contribution in [0.4, 0.5) is 0 Å². The summed E-state index contributed by atoms with van der Waals surface area (Å²) in [6, 6.07) is 7.65. The third kappa shape index (κ3) is 6.22. The lowest BCUT2D eigenvalue weighted by atomic mass is 10.0. The quantitative estimate of drug-likeness (QED) is 0.323. The van der Waals surface area contributed by atoms with E-state index in [0.717, 1.165) is 12.8 Å². The van der Waals surface area contributed by atoms with E-state index in [9.17, 15) is 14.9 Å². The SMILES string of the molecule is CCCCOC(=O)C(N)CC(O[N+](=O)[O-])c1ccccc1. The minimum atomic E-state index is -0.966. The molecular formula is C14H20N2O5. The molecule has 7 nitrogen and oxygen atoms in total. The van der Waals surface area contributed by atoms with Crippen molar-refractivity contribution < 1.29 is 19.5 Å². The lowest BCUT2D eigenvalue weighted by Gasteiger charge is -2.18. The zero-order valence-corrected chi connectivity index (χ0v) is 11.9. The molecule has 7 heteroatoms. The Hall–Kier alpha value is -2.15. The first kappa shape index (κ1) is 16.9. The zero-order chi connectivity index (χ0) is 15.7. The summed E-state index contributed by atoms with van der Waals surface area (Å²) in [4.78, 5) is 26.9. The topological polar surface area (TPSA) is 105 Å². The van der Waals surface area contributed by atoms with Gasteiger partial charge < -0.3 is 15.3 Å². The molecule has 0 saturated heterocycles. The minimum Gasteiger partial charge on any atom is -0.465 e. The molecule has 0 aliphatic rings. The van der Waals surface area contributed by atoms with E-state index in [-0.39, 0.29) is 6.42 Å². The van der Waals surface area contributed by atoms with Gasteiger partial charge in [-0.25, -0.2) is 0 Å². The van der Waals surface area contributed by atoms with E-state index in [0.29, 0.717) is 12.2 Å². The molecule has 1 rings (SSSR count). The highest BCUT2D eigenvalue weighted by Gasteiger charge is 2.24. The normalized spacial score (nSPS) is 13.2. The predicted octanol–water partition coefficient (Wildman–Crippen LogP) is 2.00. The monoisotopic (exact) mass is 296 g/mol. The Morgan fingerprint density at radius 1 is 1.38 bits per heavy atom. The molecule has 0 bridgehead atoms. The summed E-state index contributed by atoms with van der Waals surface area (Å²) in [5, 5.41) is 9.69. The summed E-state index contributed by atoms with van der Waals surface area (Å²) in [5.74, 6) is -0.573. The first-order valence-corrected chi connectivity index (χ1v) is 6.83. The van der Waals surface area contributed by atoms with Crippen LogP contribution in [0.15, 0.2) is 30.3 Å². The number of nitrogens with zero attached hydrogens (tertiary/aromatic N) is 1. The molecule has 0 saturated carbocycles. The van der Waals surface area contributed by atoms with Gasteiger partial charge in [0.25, 0.3) is 5.09 Å². The van der Waals surface area contributed by atoms with Crippen molar-refractivity contribution in [3.8, 4) is 0 Å². The Bertz CT molecular complexity index is 452. The van der Waals surface area contributed by atoms with Crippen molar-refractivity contribution in [1.82, 2.24) is 0 Å². The second-order valence-electron chi connectivity index (χ2n) is 4.59. The maximum atomic E-state index is 11.7. The fourth-order valence-electron chi connectivity index (χ4n) is 1.76. The number of ether oxygens (including phenoxy) is 1. The van der Waals surface area contributed by atoms with E-state index in [1.54, 1.807) is 30.3 Å². The minimum absolute atomic E-state index is 0.0179. The zero-order valence-electron chi connectivity index (χ0n) is 11.9. The summed E-state index contributed by atoms with van der Waals surface area (Å²) < 4.78 is 5.00. The number of benzene rings is 1. The molecule has 2 atom stereocenters. The summed E-state index contributed by atoms with van der Waals surface area (Å²) >= 11 is 0. The highest BCUT2D eigenvalue weighted by molar-refractivity contribution is 5.75. The lowest BCUT2D eigenvalue weighted by molar-refractivity contribution is -0.771. The Labute approximate surface area is 123 Å². The van der Waals surface area contributed by atoms with Crippen LogP contribution in [0.25, 0.3) is 0 Å². The molecule has 1 aromatic carbocycles. The van der Waals surface area contributed by atoms with Crippen molar-refractivity contribution in [1.29, 1.82) is 0 Å². The van der Waals surface area contributed by atoms with Gasteiger partial charge in [0.2, 0.25) is 0 Å². The van der Waals surface area contributed by atoms with Crippen molar-refractivity contribution in [3.63, 3.8) is 0 Å². The lowest BCUT2D eigenvalue weighted by Crippen LogP contribution is -2.35. The van der Waals surface area contributed by atoms with Gasteiger partial charge in [-0.2, -0.15) is 0 Å². The standard InChI is InChI=1S/C14H20N2O5/c1-2-3-9-20-14(17)12(15)10-13(21-16(18)19)11-7-5-4-6-8-11/h4-8,12-13H,2-3,9-10,15H2,1H3. The van der Waals surface area contributed by atoms with Gasteiger partial charge in [0.1, 0.15) is 12.1 Å². The molecule has 0 spiro atoms. The van der Waals surface area contributed by atoms with E-state index in [1.807, 2.05) is 6.92 Å². The Morgan fingerprint density at radius 3 is 2.62 bits per heavy atom. The smallest absolute Gasteiger partial charge is 0.322 e. The largest absolute Gasteiger partial charge is 0.465 e. The molecular weight excluding hydrogens is 276 g/mol. The first-order chi connectivity index (χ1) is 10.0. The highest BCUT2D eigenvalue weighted by atomic mass is 17.0. The molecule has 116 valence electrons. The van der Waals surface area contributed by atoms with Crippen LogP contribution in [0, 0.1) is 10.1 Å². The second-order valence-corrected chi connectivity index (χ2v) is 4.59. The van der Waals surface area contributed by atoms with Crippen LogP contribution in [0.1, 0.15) is 37.9 Å². The van der Waals surface area contributed by atoms with Crippen molar-refractivity contribution in [2.24, 2.45) is 5.73 Å². The van der Waals surface area contributed by atoms with Gasteiger partial charge in [-0.05, 0) is 12.0 Å². The van der Waals surface area contributed by atoms with Crippen LogP contribution >= 0.6 is 0 Å². The number of nitrogens with two attached hydrogens (primary N) is 1. The number of unbranched alkanes of at least 4 members (excludes halogenated alkanes) is 1. The number of hydrogen-bond donors (Lipinski definition) is 1. The average Bonchev–Trinajstić information content (AvgIpc) is 2.47. The Balaban J connectivity index is 2.64. The van der Waals surface area contributed by atoms with E-state index < -0.39 is 23.2 Å². The van der Waals surface area contributed by atoms with Crippen LogP contribution in [0.3, 0.4) is 0 Å². The average molecular weight is 296 g/mol. The van der Waals surface area contributed by atoms with E-state index in [4.69, 9.17) is 10.5 Å². The summed E-state index contributed by atoms with van der Waals surface area (Å²) in [6.45, 7) is 2.28. The molecule has 0 radical (unpaired) electrons. The van der Waals surface area contributed by atoms with Gasteiger partial charge in [0.15, 0.2) is 0 Å². The maximum absolute atomic E-state index is 11.7. The third-order valence-corrected chi connectivity index (χ3v) is 2.90. The van der Waals surface area contributed by atoms with Crippen molar-refractivity contribution in [2.75, 3.05) is 6.61 Å². The molecule has 0 fully saturated rings. The summed E-state index contributed by atoms with van der Waals surface area (Å²) in [7, 11) is 0. The van der Waals surface area contributed by atoms with Crippen molar-refractivity contribution >= 4 is 5.97 Å². The summed E-state index contributed by atoms with van der Waals surface area (Å²) in [6.07, 6.45) is 0.747. The number of rotatable bonds is 9. The molecule has 0 aliphatic carbocycles. The van der Waals surface area contributed by atoms with E-state index in [1.165, 1.54) is 0 Å². The van der Waals surface area contributed by atoms with Gasteiger partial charge in [0, 0.05) is 6.42 Å². The Morgan fingerprint density at radius 2 is 2.05 bits per heavy atom. The highest BCUT2D eigenvalue weighted by Crippen LogP contribution is 2.22. The predicted molar refractivity (Wildman–Crippen MR) is 75.7 cm³/mol. The maximum Gasteiger partial charge on any atom is 0.322 e. The first-order valence-electron chi connectivity index (χ1n) is 6.83. The number of esters is 1. The third-order valence-electron chi connectivity index (χ3n) is 2.90. The van der Waals surface area contributed by atoms with Crippen LogP contribution < -0.4 is 5.73 Å². The molecule has 0 aliphatic heterocycles. The van der Waals surface area contributed by atoms with Gasteiger partial charge in [-0.3, -0.25) is 4.79 Å². The van der Waals surface area contributed by atoms with Crippen molar-refractivity contribution in [3.05, 3.63) is 46.0 Å². The number of carbonyl (C=O) groups is 1. The van der Waals surface area contributed by atoms with Gasteiger partial charge in [0.05, 0.1) is 6.61 Å². The van der Waals surface area contributed by atoms with Gasteiger partial charge in [-0.1, -0.05) is 43.7 Å². The van der Waals surface area contributed by atoms with Gasteiger partial charge >= 0.3 is 5.97 Å². The van der Waals surface area contributed by atoms with Crippen molar-refractivity contribution in [2.45, 2.75) is 38.3 Å². The number of hydrogen-bond acceptors (Lipinski definition) is 6. The van der Waals surface area contributed by atoms with Gasteiger partial charge in [-0.15, -0.1) is 10.1 Å². The fraction of sp³-hybridized carbons (Fsp3) is 0.500. The Kier molecular flexibility index (Phi) is 7.17. The van der Waals surface area contributed by atoms with E-state index >= 15 is 0 Å². The van der Waals surface area contributed by atoms with Crippen LogP contribution in [-0.2, 0) is 14.4 Å². The molecule has 2 N–H and O–H groups in total. The second kappa shape index (κ2) is 8.91. The van der Waals surface area contributed by atoms with E-state index in [2.05, 4.69) is 4.84 Å². The molecule has 0 amide bonds. The molecule has 2 unspecified atom stereocenters. The van der Waals surface area contributed by atoms with Crippen LogP contribution in [0.5, 0.6) is 0 Å². The molecule has 0 aromatic heterocycles. The summed E-state index contributed by atoms with van der Waals surface area (Å²) in [5.41, 5.74) is 6.33. The fourth-order valence-corrected chi connectivity index (χ4v) is 1.76.